The first-order valence-corrected chi connectivity index (χ1v) is 4.65. The Bertz CT molecular complexity index is 151. The summed E-state index contributed by atoms with van der Waals surface area (Å²) in [6.07, 6.45) is 2.41. The molecule has 0 atom stereocenters. The van der Waals surface area contributed by atoms with Gasteiger partial charge in [-0.2, -0.15) is 0 Å². The molecule has 4 nitrogen and oxygen atoms in total. The molecule has 0 radical (unpaired) electrons. The van der Waals surface area contributed by atoms with Crippen LogP contribution in [-0.4, -0.2) is 37.3 Å². The molecule has 0 heterocycles. The van der Waals surface area contributed by atoms with Crippen LogP contribution in [0, 0.1) is 0 Å². The highest BCUT2D eigenvalue weighted by Gasteiger charge is 2.38. The number of hydrogen-bond acceptors (Lipinski definition) is 4. The van der Waals surface area contributed by atoms with Crippen LogP contribution in [0.25, 0.3) is 0 Å². The molecule has 1 aliphatic rings. The van der Waals surface area contributed by atoms with Crippen LogP contribution in [0.3, 0.4) is 0 Å². The highest BCUT2D eigenvalue weighted by atomic mass is 16.7. The number of aliphatic hydroxyl groups is 1. The third-order valence-electron chi connectivity index (χ3n) is 2.78. The fraction of sp³-hybridized carbons (Fsp3) is 1.00. The molecule has 0 amide bonds. The van der Waals surface area contributed by atoms with Gasteiger partial charge in [-0.05, 0) is 25.7 Å². The Morgan fingerprint density at radius 2 is 1.77 bits per heavy atom. The van der Waals surface area contributed by atoms with Gasteiger partial charge in [-0.25, -0.2) is 0 Å². The van der Waals surface area contributed by atoms with Gasteiger partial charge >= 0.3 is 0 Å². The standard InChI is InChI=1S/C9H19NO3/c1-12-8(13-2)9(10)5-3-7(11)4-6-9/h7-8,11H,3-6,10H2,1-2H3. The Morgan fingerprint density at radius 1 is 1.31 bits per heavy atom. The molecular formula is C9H19NO3. The molecule has 1 aliphatic carbocycles. The van der Waals surface area contributed by atoms with Gasteiger partial charge in [0.25, 0.3) is 0 Å². The molecule has 0 unspecified atom stereocenters. The van der Waals surface area contributed by atoms with Gasteiger partial charge in [0, 0.05) is 14.2 Å². The number of hydrogen-bond donors (Lipinski definition) is 2. The van der Waals surface area contributed by atoms with Gasteiger partial charge in [-0.15, -0.1) is 0 Å². The molecule has 0 aromatic rings. The first-order valence-electron chi connectivity index (χ1n) is 4.65. The van der Waals surface area contributed by atoms with Gasteiger partial charge < -0.3 is 20.3 Å². The third-order valence-corrected chi connectivity index (χ3v) is 2.78. The Hall–Kier alpha value is -0.160. The number of rotatable bonds is 3. The van der Waals surface area contributed by atoms with Gasteiger partial charge in [-0.1, -0.05) is 0 Å². The Kier molecular flexibility index (Phi) is 3.67. The zero-order chi connectivity index (χ0) is 9.90. The lowest BCUT2D eigenvalue weighted by molar-refractivity contribution is -0.158. The summed E-state index contributed by atoms with van der Waals surface area (Å²) in [6.45, 7) is 0. The minimum Gasteiger partial charge on any atom is -0.393 e. The van der Waals surface area contributed by atoms with Crippen LogP contribution in [0.1, 0.15) is 25.7 Å². The quantitative estimate of drug-likeness (QED) is 0.624. The predicted octanol–water partition coefficient (Wildman–Crippen LogP) is 0.238. The molecule has 0 aromatic heterocycles. The zero-order valence-electron chi connectivity index (χ0n) is 8.32. The number of methoxy groups -OCH3 is 2. The Morgan fingerprint density at radius 3 is 2.15 bits per heavy atom. The minimum absolute atomic E-state index is 0.203. The number of ether oxygens (including phenoxy) is 2. The van der Waals surface area contributed by atoms with Crippen molar-refractivity contribution in [2.24, 2.45) is 5.73 Å². The second kappa shape index (κ2) is 4.37. The third kappa shape index (κ3) is 2.40. The molecule has 78 valence electrons. The number of aliphatic hydroxyl groups excluding tert-OH is 1. The topological polar surface area (TPSA) is 64.7 Å². The van der Waals surface area contributed by atoms with Crippen molar-refractivity contribution in [3.8, 4) is 0 Å². The van der Waals surface area contributed by atoms with Crippen molar-refractivity contribution in [3.63, 3.8) is 0 Å². The lowest BCUT2D eigenvalue weighted by Gasteiger charge is -2.39. The maximum Gasteiger partial charge on any atom is 0.174 e. The van der Waals surface area contributed by atoms with Gasteiger partial charge in [-0.3, -0.25) is 0 Å². The maximum absolute atomic E-state index is 9.33. The molecule has 3 N–H and O–H groups in total. The fourth-order valence-corrected chi connectivity index (χ4v) is 1.94. The second-order valence-corrected chi connectivity index (χ2v) is 3.77. The van der Waals surface area contributed by atoms with Crippen molar-refractivity contribution in [2.75, 3.05) is 14.2 Å². The average Bonchev–Trinajstić information content (AvgIpc) is 2.13. The van der Waals surface area contributed by atoms with E-state index in [1.54, 1.807) is 14.2 Å². The molecule has 1 rings (SSSR count). The van der Waals surface area contributed by atoms with Crippen molar-refractivity contribution in [1.82, 2.24) is 0 Å². The summed E-state index contributed by atoms with van der Waals surface area (Å²) < 4.78 is 10.3. The van der Waals surface area contributed by atoms with E-state index in [1.165, 1.54) is 0 Å². The summed E-state index contributed by atoms with van der Waals surface area (Å²) in [5.41, 5.74) is 5.70. The monoisotopic (exact) mass is 189 g/mol. The van der Waals surface area contributed by atoms with Crippen LogP contribution in [0.4, 0.5) is 0 Å². The van der Waals surface area contributed by atoms with E-state index in [9.17, 15) is 5.11 Å². The van der Waals surface area contributed by atoms with Crippen LogP contribution < -0.4 is 5.73 Å². The van der Waals surface area contributed by atoms with Crippen molar-refractivity contribution in [3.05, 3.63) is 0 Å². The molecule has 0 saturated heterocycles. The molecule has 13 heavy (non-hydrogen) atoms. The summed E-state index contributed by atoms with van der Waals surface area (Å²) in [4.78, 5) is 0. The van der Waals surface area contributed by atoms with Crippen molar-refractivity contribution < 1.29 is 14.6 Å². The highest BCUT2D eigenvalue weighted by Crippen LogP contribution is 2.30. The normalized spacial score (nSPS) is 35.3. The molecule has 0 aliphatic heterocycles. The largest absolute Gasteiger partial charge is 0.393 e. The van der Waals surface area contributed by atoms with Crippen LogP contribution >= 0.6 is 0 Å². The van der Waals surface area contributed by atoms with Crippen molar-refractivity contribution >= 4 is 0 Å². The summed E-state index contributed by atoms with van der Waals surface area (Å²) in [5.74, 6) is 0. The van der Waals surface area contributed by atoms with Crippen LogP contribution in [-0.2, 0) is 9.47 Å². The Labute approximate surface area is 79.0 Å². The predicted molar refractivity (Wildman–Crippen MR) is 49.2 cm³/mol. The van der Waals surface area contributed by atoms with E-state index < -0.39 is 5.54 Å². The van der Waals surface area contributed by atoms with Gasteiger partial charge in [0.05, 0.1) is 11.6 Å². The second-order valence-electron chi connectivity index (χ2n) is 3.77. The van der Waals surface area contributed by atoms with E-state index in [4.69, 9.17) is 15.2 Å². The molecule has 1 fully saturated rings. The number of nitrogens with two attached hydrogens (primary N) is 1. The maximum atomic E-state index is 9.33. The van der Waals surface area contributed by atoms with E-state index in [0.29, 0.717) is 0 Å². The molecular weight excluding hydrogens is 170 g/mol. The highest BCUT2D eigenvalue weighted by molar-refractivity contribution is 4.92. The Balaban J connectivity index is 2.54. The van der Waals surface area contributed by atoms with E-state index in [-0.39, 0.29) is 12.4 Å². The minimum atomic E-state index is -0.428. The fourth-order valence-electron chi connectivity index (χ4n) is 1.94. The zero-order valence-corrected chi connectivity index (χ0v) is 8.32. The first-order chi connectivity index (χ1) is 6.12. The van der Waals surface area contributed by atoms with Crippen LogP contribution in [0.5, 0.6) is 0 Å². The molecule has 0 spiro atoms. The van der Waals surface area contributed by atoms with Crippen molar-refractivity contribution in [1.29, 1.82) is 0 Å². The van der Waals surface area contributed by atoms with E-state index in [1.807, 2.05) is 0 Å². The SMILES string of the molecule is COC(OC)C1(N)CCC(O)CC1. The van der Waals surface area contributed by atoms with Crippen molar-refractivity contribution in [2.45, 2.75) is 43.6 Å². The first kappa shape index (κ1) is 10.9. The molecule has 0 aromatic carbocycles. The lowest BCUT2D eigenvalue weighted by atomic mass is 9.80. The lowest BCUT2D eigenvalue weighted by Crippen LogP contribution is -2.55. The van der Waals surface area contributed by atoms with Crippen LogP contribution in [0.2, 0.25) is 0 Å². The molecule has 1 saturated carbocycles. The van der Waals surface area contributed by atoms with Gasteiger partial charge in [0.15, 0.2) is 6.29 Å². The smallest absolute Gasteiger partial charge is 0.174 e. The molecule has 0 bridgehead atoms. The summed E-state index contributed by atoms with van der Waals surface area (Å²) in [6, 6.07) is 0. The summed E-state index contributed by atoms with van der Waals surface area (Å²) in [7, 11) is 3.18. The van der Waals surface area contributed by atoms with Crippen LogP contribution in [0.15, 0.2) is 0 Å². The van der Waals surface area contributed by atoms with E-state index >= 15 is 0 Å². The van der Waals surface area contributed by atoms with Gasteiger partial charge in [0.2, 0.25) is 0 Å². The average molecular weight is 189 g/mol. The van der Waals surface area contributed by atoms with E-state index in [2.05, 4.69) is 0 Å². The summed E-state index contributed by atoms with van der Waals surface area (Å²) >= 11 is 0. The molecule has 4 heteroatoms. The van der Waals surface area contributed by atoms with E-state index in [0.717, 1.165) is 25.7 Å². The van der Waals surface area contributed by atoms with Gasteiger partial charge in [0.1, 0.15) is 0 Å². The summed E-state index contributed by atoms with van der Waals surface area (Å²) in [5, 5.41) is 9.33.